The van der Waals surface area contributed by atoms with E-state index >= 15 is 0 Å². The van der Waals surface area contributed by atoms with Crippen LogP contribution in [0.3, 0.4) is 0 Å². The average Bonchev–Trinajstić information content (AvgIpc) is 2.41. The van der Waals surface area contributed by atoms with Crippen molar-refractivity contribution in [1.82, 2.24) is 5.32 Å². The molecule has 0 saturated heterocycles. The van der Waals surface area contributed by atoms with Gasteiger partial charge in [0.15, 0.2) is 0 Å². The van der Waals surface area contributed by atoms with Crippen molar-refractivity contribution in [2.45, 2.75) is 51.0 Å². The van der Waals surface area contributed by atoms with Crippen LogP contribution in [0.2, 0.25) is 0 Å². The summed E-state index contributed by atoms with van der Waals surface area (Å²) < 4.78 is 6.73. The third-order valence-corrected chi connectivity index (χ3v) is 4.55. The van der Waals surface area contributed by atoms with Crippen LogP contribution in [0.5, 0.6) is 0 Å². The first kappa shape index (κ1) is 16.0. The van der Waals surface area contributed by atoms with Crippen LogP contribution >= 0.6 is 15.9 Å². The van der Waals surface area contributed by atoms with Gasteiger partial charge in [0.05, 0.1) is 0 Å². The molecule has 0 radical (unpaired) electrons. The van der Waals surface area contributed by atoms with E-state index in [1.807, 2.05) is 0 Å². The third-order valence-electron chi connectivity index (χ3n) is 4.02. The predicted octanol–water partition coefficient (Wildman–Crippen LogP) is 4.49. The van der Waals surface area contributed by atoms with Crippen molar-refractivity contribution in [2.24, 2.45) is 0 Å². The number of hydrogen-bond acceptors (Lipinski definition) is 2. The molecule has 0 atom stereocenters. The molecule has 0 aromatic heterocycles. The molecule has 20 heavy (non-hydrogen) atoms. The summed E-state index contributed by atoms with van der Waals surface area (Å²) in [5.41, 5.74) is 1.48. The van der Waals surface area contributed by atoms with Gasteiger partial charge in [0.1, 0.15) is 0 Å². The average molecular weight is 340 g/mol. The molecule has 1 aliphatic carbocycles. The van der Waals surface area contributed by atoms with Crippen LogP contribution in [-0.4, -0.2) is 25.8 Å². The van der Waals surface area contributed by atoms with Crippen LogP contribution < -0.4 is 5.32 Å². The van der Waals surface area contributed by atoms with Gasteiger partial charge in [0, 0.05) is 23.7 Å². The Morgan fingerprint density at radius 3 is 2.55 bits per heavy atom. The fourth-order valence-corrected chi connectivity index (χ4v) is 2.88. The number of nitrogens with one attached hydrogen (secondary N) is 1. The highest BCUT2D eigenvalue weighted by atomic mass is 79.9. The molecule has 1 aromatic rings. The Morgan fingerprint density at radius 1 is 1.15 bits per heavy atom. The first-order valence-electron chi connectivity index (χ1n) is 7.86. The molecule has 0 heterocycles. The maximum Gasteiger partial charge on any atom is 0.0478 e. The zero-order valence-corrected chi connectivity index (χ0v) is 14.0. The van der Waals surface area contributed by atoms with Crippen LogP contribution in [0.4, 0.5) is 0 Å². The van der Waals surface area contributed by atoms with Gasteiger partial charge in [-0.15, -0.1) is 0 Å². The van der Waals surface area contributed by atoms with Crippen molar-refractivity contribution in [3.63, 3.8) is 0 Å². The first-order chi connectivity index (χ1) is 9.79. The van der Waals surface area contributed by atoms with Gasteiger partial charge in [-0.1, -0.05) is 41.4 Å². The van der Waals surface area contributed by atoms with Crippen LogP contribution in [-0.2, 0) is 4.74 Å². The normalized spacial score (nSPS) is 21.7. The lowest BCUT2D eigenvalue weighted by atomic mass is 9.76. The van der Waals surface area contributed by atoms with Crippen LogP contribution in [0, 0.1) is 0 Å². The van der Waals surface area contributed by atoms with Crippen molar-refractivity contribution >= 4 is 15.9 Å². The van der Waals surface area contributed by atoms with Gasteiger partial charge in [-0.05, 0) is 55.8 Å². The second-order valence-electron chi connectivity index (χ2n) is 5.69. The van der Waals surface area contributed by atoms with Gasteiger partial charge < -0.3 is 10.1 Å². The van der Waals surface area contributed by atoms with Crippen molar-refractivity contribution in [3.8, 4) is 0 Å². The maximum atomic E-state index is 5.56. The molecular weight excluding hydrogens is 314 g/mol. The number of halogens is 1. The van der Waals surface area contributed by atoms with Crippen LogP contribution in [0.1, 0.15) is 50.5 Å². The van der Waals surface area contributed by atoms with Gasteiger partial charge in [-0.2, -0.15) is 0 Å². The summed E-state index contributed by atoms with van der Waals surface area (Å²) in [5.74, 6) is 0.751. The van der Waals surface area contributed by atoms with Crippen molar-refractivity contribution in [3.05, 3.63) is 34.3 Å². The second kappa shape index (κ2) is 8.81. The minimum absolute atomic E-state index is 0.708. The Morgan fingerprint density at radius 2 is 1.85 bits per heavy atom. The lowest BCUT2D eigenvalue weighted by Gasteiger charge is -2.36. The van der Waals surface area contributed by atoms with Gasteiger partial charge in [-0.3, -0.25) is 0 Å². The molecule has 3 heteroatoms. The Hall–Kier alpha value is -0.380. The van der Waals surface area contributed by atoms with E-state index in [-0.39, 0.29) is 0 Å². The quantitative estimate of drug-likeness (QED) is 0.669. The molecule has 1 N–H and O–H groups in total. The molecule has 1 saturated carbocycles. The zero-order valence-electron chi connectivity index (χ0n) is 12.4. The number of unbranched alkanes of at least 4 members (excludes halogenated alkanes) is 1. The summed E-state index contributed by atoms with van der Waals surface area (Å²) in [4.78, 5) is 0. The highest BCUT2D eigenvalue weighted by molar-refractivity contribution is 9.10. The lowest BCUT2D eigenvalue weighted by Crippen LogP contribution is -2.40. The second-order valence-corrected chi connectivity index (χ2v) is 6.61. The van der Waals surface area contributed by atoms with E-state index in [0.29, 0.717) is 6.04 Å². The Labute approximate surface area is 131 Å². The number of hydrogen-bond donors (Lipinski definition) is 1. The molecular formula is C17H26BrNO. The van der Waals surface area contributed by atoms with Crippen molar-refractivity contribution in [1.29, 1.82) is 0 Å². The van der Waals surface area contributed by atoms with E-state index in [0.717, 1.165) is 32.1 Å². The topological polar surface area (TPSA) is 21.3 Å². The minimum Gasteiger partial charge on any atom is -0.381 e. The minimum atomic E-state index is 0.708. The van der Waals surface area contributed by atoms with Crippen molar-refractivity contribution < 1.29 is 4.74 Å². The molecule has 2 nitrogen and oxygen atoms in total. The lowest BCUT2D eigenvalue weighted by molar-refractivity contribution is 0.127. The zero-order chi connectivity index (χ0) is 14.2. The standard InChI is InChI=1S/C17H26BrNO/c1-2-3-10-20-11-4-9-19-17-12-15(13-17)14-5-7-16(18)8-6-14/h5-8,15,17,19H,2-4,9-13H2,1H3. The summed E-state index contributed by atoms with van der Waals surface area (Å²) in [7, 11) is 0. The number of ether oxygens (including phenoxy) is 1. The molecule has 1 aliphatic rings. The summed E-state index contributed by atoms with van der Waals surface area (Å²) in [5, 5.41) is 3.63. The van der Waals surface area contributed by atoms with E-state index < -0.39 is 0 Å². The van der Waals surface area contributed by atoms with Gasteiger partial charge in [-0.25, -0.2) is 0 Å². The highest BCUT2D eigenvalue weighted by Crippen LogP contribution is 2.37. The molecule has 0 spiro atoms. The summed E-state index contributed by atoms with van der Waals surface area (Å²) >= 11 is 3.49. The molecule has 0 aliphatic heterocycles. The fourth-order valence-electron chi connectivity index (χ4n) is 2.62. The molecule has 1 aromatic carbocycles. The van der Waals surface area contributed by atoms with Crippen LogP contribution in [0.25, 0.3) is 0 Å². The Balaban J connectivity index is 1.50. The molecule has 0 unspecified atom stereocenters. The SMILES string of the molecule is CCCCOCCCNC1CC(c2ccc(Br)cc2)C1. The number of rotatable bonds is 9. The molecule has 1 fully saturated rings. The molecule has 2 rings (SSSR count). The fraction of sp³-hybridized carbons (Fsp3) is 0.647. The maximum absolute atomic E-state index is 5.56. The highest BCUT2D eigenvalue weighted by Gasteiger charge is 2.29. The monoisotopic (exact) mass is 339 g/mol. The van der Waals surface area contributed by atoms with E-state index in [4.69, 9.17) is 4.74 Å². The molecule has 0 bridgehead atoms. The van der Waals surface area contributed by atoms with E-state index in [9.17, 15) is 0 Å². The van der Waals surface area contributed by atoms with Crippen LogP contribution in [0.15, 0.2) is 28.7 Å². The van der Waals surface area contributed by atoms with E-state index in [1.54, 1.807) is 0 Å². The largest absolute Gasteiger partial charge is 0.381 e. The molecule has 0 amide bonds. The van der Waals surface area contributed by atoms with Crippen molar-refractivity contribution in [2.75, 3.05) is 19.8 Å². The van der Waals surface area contributed by atoms with Gasteiger partial charge in [0.2, 0.25) is 0 Å². The smallest absolute Gasteiger partial charge is 0.0478 e. The third kappa shape index (κ3) is 5.19. The summed E-state index contributed by atoms with van der Waals surface area (Å²) in [6, 6.07) is 9.48. The number of benzene rings is 1. The van der Waals surface area contributed by atoms with E-state index in [2.05, 4.69) is 52.4 Å². The first-order valence-corrected chi connectivity index (χ1v) is 8.65. The summed E-state index contributed by atoms with van der Waals surface area (Å²) in [6.07, 6.45) is 6.09. The summed E-state index contributed by atoms with van der Waals surface area (Å²) in [6.45, 7) is 5.11. The predicted molar refractivity (Wildman–Crippen MR) is 88.3 cm³/mol. The van der Waals surface area contributed by atoms with Gasteiger partial charge in [0.25, 0.3) is 0 Å². The Kier molecular flexibility index (Phi) is 7.05. The Bertz CT molecular complexity index is 373. The van der Waals surface area contributed by atoms with Gasteiger partial charge >= 0.3 is 0 Å². The molecule has 112 valence electrons. The van der Waals surface area contributed by atoms with E-state index in [1.165, 1.54) is 35.7 Å².